The Kier molecular flexibility index (Phi) is 5.50. The minimum atomic E-state index is -4.60. The third-order valence-corrected chi connectivity index (χ3v) is 3.55. The minimum absolute atomic E-state index is 0.00278. The fourth-order valence-electron chi connectivity index (χ4n) is 1.93. The zero-order valence-electron chi connectivity index (χ0n) is 12.5. The normalized spacial score (nSPS) is 13.8. The molecule has 1 atom stereocenters. The second kappa shape index (κ2) is 6.56. The van der Waals surface area contributed by atoms with E-state index in [0.717, 1.165) is 12.1 Å². The van der Waals surface area contributed by atoms with Gasteiger partial charge < -0.3 is 4.90 Å². The van der Waals surface area contributed by atoms with Crippen LogP contribution in [0.5, 0.6) is 0 Å². The van der Waals surface area contributed by atoms with Crippen LogP contribution in [0.1, 0.15) is 37.8 Å². The van der Waals surface area contributed by atoms with Crippen LogP contribution in [-0.4, -0.2) is 30.3 Å². The van der Waals surface area contributed by atoms with Crippen molar-refractivity contribution in [2.24, 2.45) is 0 Å². The van der Waals surface area contributed by atoms with E-state index in [1.165, 1.54) is 6.92 Å². The number of Topliss-reactive ketones (excluding diaryl/α,β-unsaturated/α-hetero) is 1. The third kappa shape index (κ3) is 4.52. The van der Waals surface area contributed by atoms with Crippen LogP contribution in [0.2, 0.25) is 0 Å². The van der Waals surface area contributed by atoms with Gasteiger partial charge in [0.25, 0.3) is 0 Å². The molecule has 1 aromatic rings. The largest absolute Gasteiger partial charge is 0.416 e. The van der Waals surface area contributed by atoms with Crippen molar-refractivity contribution in [3.05, 3.63) is 35.1 Å². The van der Waals surface area contributed by atoms with Gasteiger partial charge in [-0.2, -0.15) is 13.2 Å². The first-order valence-corrected chi connectivity index (χ1v) is 6.61. The fourth-order valence-corrected chi connectivity index (χ4v) is 1.93. The number of hydrogen-bond donors (Lipinski definition) is 0. The van der Waals surface area contributed by atoms with Gasteiger partial charge in [0, 0.05) is 12.6 Å². The summed E-state index contributed by atoms with van der Waals surface area (Å²) in [5.41, 5.74) is -1.05. The number of hydrogen-bond acceptors (Lipinski definition) is 2. The molecule has 0 saturated carbocycles. The number of nitrogens with zero attached hydrogens (tertiary/aromatic N) is 1. The first-order valence-electron chi connectivity index (χ1n) is 6.61. The van der Waals surface area contributed by atoms with Crippen molar-refractivity contribution >= 4 is 5.78 Å². The SMILES string of the molecule is CC(=O)C(CN(C)C(C)C)c1ccc(C(F)(F)F)cc1F. The molecule has 0 radical (unpaired) electrons. The van der Waals surface area contributed by atoms with Gasteiger partial charge in [-0.3, -0.25) is 4.79 Å². The van der Waals surface area contributed by atoms with Crippen LogP contribution in [0.4, 0.5) is 17.6 Å². The molecule has 0 amide bonds. The molecule has 1 rings (SSSR count). The van der Waals surface area contributed by atoms with Gasteiger partial charge in [0.1, 0.15) is 11.6 Å². The molecule has 1 aromatic carbocycles. The highest BCUT2D eigenvalue weighted by Gasteiger charge is 2.32. The van der Waals surface area contributed by atoms with Gasteiger partial charge in [-0.25, -0.2) is 4.39 Å². The number of likely N-dealkylation sites (N-methyl/N-ethyl adjacent to an activating group) is 1. The van der Waals surface area contributed by atoms with E-state index in [0.29, 0.717) is 6.07 Å². The molecule has 0 aliphatic carbocycles. The second-order valence-electron chi connectivity index (χ2n) is 5.43. The maximum absolute atomic E-state index is 14.0. The predicted octanol–water partition coefficient (Wildman–Crippen LogP) is 3.86. The number of rotatable bonds is 5. The van der Waals surface area contributed by atoms with E-state index in [2.05, 4.69) is 0 Å². The topological polar surface area (TPSA) is 20.3 Å². The third-order valence-electron chi connectivity index (χ3n) is 3.55. The Morgan fingerprint density at radius 1 is 1.29 bits per heavy atom. The molecule has 0 saturated heterocycles. The molecule has 0 aliphatic rings. The van der Waals surface area contributed by atoms with Gasteiger partial charge in [0.2, 0.25) is 0 Å². The van der Waals surface area contributed by atoms with Crippen molar-refractivity contribution in [1.29, 1.82) is 0 Å². The molecule has 0 heterocycles. The van der Waals surface area contributed by atoms with Gasteiger partial charge in [0.15, 0.2) is 0 Å². The van der Waals surface area contributed by atoms with Gasteiger partial charge >= 0.3 is 6.18 Å². The van der Waals surface area contributed by atoms with Crippen molar-refractivity contribution in [2.45, 2.75) is 38.9 Å². The van der Waals surface area contributed by atoms with Gasteiger partial charge in [-0.05, 0) is 45.5 Å². The lowest BCUT2D eigenvalue weighted by molar-refractivity contribution is -0.137. The molecule has 0 fully saturated rings. The van der Waals surface area contributed by atoms with E-state index < -0.39 is 23.5 Å². The zero-order chi connectivity index (χ0) is 16.4. The first kappa shape index (κ1) is 17.6. The summed E-state index contributed by atoms with van der Waals surface area (Å²) in [6.07, 6.45) is -4.60. The highest BCUT2D eigenvalue weighted by molar-refractivity contribution is 5.83. The standard InChI is InChI=1S/C15H19F4NO/c1-9(2)20(4)8-13(10(3)21)12-6-5-11(7-14(12)16)15(17,18)19/h5-7,9,13H,8H2,1-4H3. The van der Waals surface area contributed by atoms with Crippen molar-refractivity contribution in [1.82, 2.24) is 4.90 Å². The predicted molar refractivity (Wildman–Crippen MR) is 72.6 cm³/mol. The number of benzene rings is 1. The number of carbonyl (C=O) groups excluding carboxylic acids is 1. The summed E-state index contributed by atoms with van der Waals surface area (Å²) >= 11 is 0. The van der Waals surface area contributed by atoms with Crippen molar-refractivity contribution in [3.63, 3.8) is 0 Å². The highest BCUT2D eigenvalue weighted by Crippen LogP contribution is 2.32. The van der Waals surface area contributed by atoms with E-state index in [1.807, 2.05) is 18.7 Å². The Bertz CT molecular complexity index is 511. The van der Waals surface area contributed by atoms with Crippen LogP contribution in [0.25, 0.3) is 0 Å². The number of ketones is 1. The number of halogens is 4. The molecule has 1 unspecified atom stereocenters. The number of alkyl halides is 3. The van der Waals surface area contributed by atoms with Crippen LogP contribution >= 0.6 is 0 Å². The minimum Gasteiger partial charge on any atom is -0.303 e. The Balaban J connectivity index is 3.13. The molecule has 0 aromatic heterocycles. The maximum atomic E-state index is 14.0. The van der Waals surface area contributed by atoms with Gasteiger partial charge in [-0.1, -0.05) is 6.07 Å². The Hall–Kier alpha value is -1.43. The summed E-state index contributed by atoms with van der Waals surface area (Å²) in [6, 6.07) is 2.45. The fraction of sp³-hybridized carbons (Fsp3) is 0.533. The van der Waals surface area contributed by atoms with Gasteiger partial charge in [-0.15, -0.1) is 0 Å². The highest BCUT2D eigenvalue weighted by atomic mass is 19.4. The summed E-state index contributed by atoms with van der Waals surface area (Å²) in [5.74, 6) is -2.05. The van der Waals surface area contributed by atoms with Crippen LogP contribution < -0.4 is 0 Å². The van der Waals surface area contributed by atoms with E-state index in [1.54, 1.807) is 7.05 Å². The van der Waals surface area contributed by atoms with Gasteiger partial charge in [0.05, 0.1) is 11.5 Å². The summed E-state index contributed by atoms with van der Waals surface area (Å²) in [5, 5.41) is 0. The van der Waals surface area contributed by atoms with Crippen LogP contribution in [0, 0.1) is 5.82 Å². The molecule has 21 heavy (non-hydrogen) atoms. The zero-order valence-corrected chi connectivity index (χ0v) is 12.5. The van der Waals surface area contributed by atoms with E-state index in [-0.39, 0.29) is 23.9 Å². The number of carbonyl (C=O) groups is 1. The molecule has 118 valence electrons. The Labute approximate surface area is 121 Å². The maximum Gasteiger partial charge on any atom is 0.416 e. The molecule has 0 aliphatic heterocycles. The lowest BCUT2D eigenvalue weighted by Gasteiger charge is -2.26. The van der Waals surface area contributed by atoms with Crippen LogP contribution in [0.3, 0.4) is 0 Å². The summed E-state index contributed by atoms with van der Waals surface area (Å²) < 4.78 is 51.6. The lowest BCUT2D eigenvalue weighted by Crippen LogP contribution is -2.33. The molecule has 0 spiro atoms. The molecule has 6 heteroatoms. The monoisotopic (exact) mass is 305 g/mol. The average Bonchev–Trinajstić information content (AvgIpc) is 2.34. The average molecular weight is 305 g/mol. The van der Waals surface area contributed by atoms with Crippen molar-refractivity contribution < 1.29 is 22.4 Å². The van der Waals surface area contributed by atoms with Crippen LogP contribution in [0.15, 0.2) is 18.2 Å². The second-order valence-corrected chi connectivity index (χ2v) is 5.43. The van der Waals surface area contributed by atoms with E-state index >= 15 is 0 Å². The van der Waals surface area contributed by atoms with Crippen molar-refractivity contribution in [3.8, 4) is 0 Å². The van der Waals surface area contributed by atoms with Crippen LogP contribution in [-0.2, 0) is 11.0 Å². The molecule has 0 bridgehead atoms. The summed E-state index contributed by atoms with van der Waals surface area (Å²) in [6.45, 7) is 5.41. The Morgan fingerprint density at radius 3 is 2.24 bits per heavy atom. The van der Waals surface area contributed by atoms with Crippen molar-refractivity contribution in [2.75, 3.05) is 13.6 Å². The molecular weight excluding hydrogens is 286 g/mol. The quantitative estimate of drug-likeness (QED) is 0.770. The lowest BCUT2D eigenvalue weighted by atomic mass is 9.93. The first-order chi connectivity index (χ1) is 9.54. The van der Waals surface area contributed by atoms with E-state index in [4.69, 9.17) is 0 Å². The molecular formula is C15H19F4NO. The summed E-state index contributed by atoms with van der Waals surface area (Å²) in [7, 11) is 1.78. The Morgan fingerprint density at radius 2 is 1.86 bits per heavy atom. The summed E-state index contributed by atoms with van der Waals surface area (Å²) in [4.78, 5) is 13.6. The molecule has 2 nitrogen and oxygen atoms in total. The molecule has 0 N–H and O–H groups in total. The van der Waals surface area contributed by atoms with E-state index in [9.17, 15) is 22.4 Å². The smallest absolute Gasteiger partial charge is 0.303 e.